The molecule has 2 rings (SSSR count). The number of hydrogen-bond donors (Lipinski definition) is 2. The predicted octanol–water partition coefficient (Wildman–Crippen LogP) is 3.10. The van der Waals surface area contributed by atoms with Gasteiger partial charge in [-0.25, -0.2) is 0 Å². The highest BCUT2D eigenvalue weighted by Gasteiger charge is 2.30. The van der Waals surface area contributed by atoms with Crippen LogP contribution in [-0.2, 0) is 17.5 Å². The molecule has 1 heterocycles. The van der Waals surface area contributed by atoms with Gasteiger partial charge in [-0.15, -0.1) is 24.0 Å². The number of ether oxygens (including phenoxy) is 1. The van der Waals surface area contributed by atoms with Crippen molar-refractivity contribution in [1.82, 2.24) is 15.5 Å². The fourth-order valence-electron chi connectivity index (χ4n) is 2.96. The van der Waals surface area contributed by atoms with Crippen molar-refractivity contribution in [3.63, 3.8) is 0 Å². The Morgan fingerprint density at radius 2 is 2.00 bits per heavy atom. The van der Waals surface area contributed by atoms with Gasteiger partial charge in [-0.2, -0.15) is 13.2 Å². The first-order valence-electron chi connectivity index (χ1n) is 8.77. The number of alkyl halides is 3. The highest BCUT2D eigenvalue weighted by Crippen LogP contribution is 2.29. The van der Waals surface area contributed by atoms with E-state index in [1.165, 1.54) is 0 Å². The first kappa shape index (κ1) is 24.0. The number of nitrogens with one attached hydrogen (secondary N) is 2. The second-order valence-electron chi connectivity index (χ2n) is 6.41. The molecule has 9 heteroatoms. The van der Waals surface area contributed by atoms with Crippen molar-refractivity contribution < 1.29 is 17.9 Å². The monoisotopic (exact) mass is 500 g/mol. The average Bonchev–Trinajstić information content (AvgIpc) is 3.04. The lowest BCUT2D eigenvalue weighted by molar-refractivity contribution is -0.137. The predicted molar refractivity (Wildman–Crippen MR) is 112 cm³/mol. The molecule has 1 fully saturated rings. The third-order valence-electron chi connectivity index (χ3n) is 4.34. The zero-order valence-corrected chi connectivity index (χ0v) is 18.0. The van der Waals surface area contributed by atoms with E-state index in [2.05, 4.69) is 20.5 Å². The summed E-state index contributed by atoms with van der Waals surface area (Å²) in [6, 6.07) is 5.68. The lowest BCUT2D eigenvalue weighted by Gasteiger charge is -2.19. The summed E-state index contributed by atoms with van der Waals surface area (Å²) in [7, 11) is 3.41. The molecule has 27 heavy (non-hydrogen) atoms. The Morgan fingerprint density at radius 3 is 2.59 bits per heavy atom. The van der Waals surface area contributed by atoms with Gasteiger partial charge < -0.3 is 15.4 Å². The van der Waals surface area contributed by atoms with E-state index in [0.29, 0.717) is 13.2 Å². The van der Waals surface area contributed by atoms with E-state index in [9.17, 15) is 13.2 Å². The van der Waals surface area contributed by atoms with Crippen LogP contribution in [0.2, 0.25) is 0 Å². The van der Waals surface area contributed by atoms with Crippen LogP contribution in [-0.4, -0.2) is 57.3 Å². The van der Waals surface area contributed by atoms with Gasteiger partial charge in [0.05, 0.1) is 5.56 Å². The molecule has 0 aromatic heterocycles. The zero-order chi connectivity index (χ0) is 19.0. The Bertz CT molecular complexity index is 581. The highest BCUT2D eigenvalue weighted by atomic mass is 127. The number of halogens is 4. The van der Waals surface area contributed by atoms with Crippen LogP contribution in [0.1, 0.15) is 24.0 Å². The lowest BCUT2D eigenvalue weighted by atomic mass is 10.1. The molecule has 0 aliphatic carbocycles. The molecule has 1 aliphatic rings. The molecule has 0 bridgehead atoms. The molecule has 5 nitrogen and oxygen atoms in total. The summed E-state index contributed by atoms with van der Waals surface area (Å²) < 4.78 is 42.9. The maximum atomic E-state index is 12.6. The van der Waals surface area contributed by atoms with Gasteiger partial charge in [0.2, 0.25) is 0 Å². The van der Waals surface area contributed by atoms with E-state index >= 15 is 0 Å². The van der Waals surface area contributed by atoms with Crippen LogP contribution < -0.4 is 10.6 Å². The van der Waals surface area contributed by atoms with Crippen molar-refractivity contribution in [2.45, 2.75) is 31.6 Å². The van der Waals surface area contributed by atoms with Crippen molar-refractivity contribution in [2.24, 2.45) is 4.99 Å². The minimum atomic E-state index is -4.28. The van der Waals surface area contributed by atoms with Crippen molar-refractivity contribution in [1.29, 1.82) is 0 Å². The fraction of sp³-hybridized carbons (Fsp3) is 0.611. The summed E-state index contributed by atoms with van der Waals surface area (Å²) in [6.07, 6.45) is -2.41. The van der Waals surface area contributed by atoms with Crippen LogP contribution in [0.25, 0.3) is 0 Å². The molecule has 0 spiro atoms. The van der Waals surface area contributed by atoms with Crippen LogP contribution in [0.3, 0.4) is 0 Å². The molecule has 2 N–H and O–H groups in total. The molecule has 154 valence electrons. The number of hydrogen-bond acceptors (Lipinski definition) is 3. The molecular weight excluding hydrogens is 472 g/mol. The number of rotatable bonds is 7. The van der Waals surface area contributed by atoms with Crippen molar-refractivity contribution in [2.75, 3.05) is 40.4 Å². The molecule has 1 unspecified atom stereocenters. The molecule has 0 saturated carbocycles. The normalized spacial score (nSPS) is 18.3. The van der Waals surface area contributed by atoms with Crippen molar-refractivity contribution in [3.8, 4) is 0 Å². The standard InChI is InChI=1S/C18H27F3N4O.HI/c1-22-17(23-9-3-11-26-2)24-16-8-10-25(13-16)12-14-4-6-15(7-5-14)18(19,20)21;/h4-7,16H,3,8-13H2,1-2H3,(H2,22,23,24);1H. The van der Waals surface area contributed by atoms with Gasteiger partial charge in [0.1, 0.15) is 0 Å². The quantitative estimate of drug-likeness (QED) is 0.262. The summed E-state index contributed by atoms with van der Waals surface area (Å²) in [5, 5.41) is 6.64. The third kappa shape index (κ3) is 8.22. The molecule has 1 aliphatic heterocycles. The van der Waals surface area contributed by atoms with E-state index in [1.807, 2.05) is 0 Å². The van der Waals surface area contributed by atoms with Crippen molar-refractivity contribution >= 4 is 29.9 Å². The van der Waals surface area contributed by atoms with E-state index in [0.717, 1.165) is 56.1 Å². The second-order valence-corrected chi connectivity index (χ2v) is 6.41. The molecule has 1 aromatic carbocycles. The maximum absolute atomic E-state index is 12.6. The van der Waals surface area contributed by atoms with Gasteiger partial charge in [0, 0.05) is 53.0 Å². The highest BCUT2D eigenvalue weighted by molar-refractivity contribution is 14.0. The zero-order valence-electron chi connectivity index (χ0n) is 15.7. The second kappa shape index (κ2) is 11.7. The van der Waals surface area contributed by atoms with Gasteiger partial charge in [-0.05, 0) is 30.5 Å². The van der Waals surface area contributed by atoms with Gasteiger partial charge in [-0.1, -0.05) is 12.1 Å². The number of likely N-dealkylation sites (tertiary alicyclic amines) is 1. The molecule has 1 aromatic rings. The van der Waals surface area contributed by atoms with Crippen LogP contribution in [0, 0.1) is 0 Å². The van der Waals surface area contributed by atoms with Gasteiger partial charge in [-0.3, -0.25) is 9.89 Å². The Balaban J connectivity index is 0.00000364. The molecule has 1 atom stereocenters. The van der Waals surface area contributed by atoms with Gasteiger partial charge in [0.25, 0.3) is 0 Å². The van der Waals surface area contributed by atoms with Crippen LogP contribution in [0.4, 0.5) is 13.2 Å². The van der Waals surface area contributed by atoms with Crippen LogP contribution >= 0.6 is 24.0 Å². The maximum Gasteiger partial charge on any atom is 0.416 e. The van der Waals surface area contributed by atoms with Gasteiger partial charge >= 0.3 is 6.18 Å². The molecule has 0 amide bonds. The summed E-state index contributed by atoms with van der Waals surface area (Å²) >= 11 is 0. The smallest absolute Gasteiger partial charge is 0.385 e. The fourth-order valence-corrected chi connectivity index (χ4v) is 2.96. The lowest BCUT2D eigenvalue weighted by Crippen LogP contribution is -2.44. The Hall–Kier alpha value is -1.07. The Kier molecular flexibility index (Phi) is 10.4. The number of benzene rings is 1. The first-order valence-corrected chi connectivity index (χ1v) is 8.77. The first-order chi connectivity index (χ1) is 12.4. The van der Waals surface area contributed by atoms with Crippen LogP contribution in [0.15, 0.2) is 29.3 Å². The number of aliphatic imine (C=N–C) groups is 1. The third-order valence-corrected chi connectivity index (χ3v) is 4.34. The minimum Gasteiger partial charge on any atom is -0.385 e. The average molecular weight is 500 g/mol. The topological polar surface area (TPSA) is 48.9 Å². The number of guanidine groups is 1. The van der Waals surface area contributed by atoms with E-state index in [4.69, 9.17) is 4.74 Å². The summed E-state index contributed by atoms with van der Waals surface area (Å²) in [5.41, 5.74) is 0.284. The molecular formula is C18H28F3IN4O. The summed E-state index contributed by atoms with van der Waals surface area (Å²) in [6.45, 7) is 3.87. The van der Waals surface area contributed by atoms with E-state index in [1.54, 1.807) is 26.3 Å². The summed E-state index contributed by atoms with van der Waals surface area (Å²) in [5.74, 6) is 0.766. The minimum absolute atomic E-state index is 0. The van der Waals surface area contributed by atoms with E-state index < -0.39 is 11.7 Å². The Morgan fingerprint density at radius 1 is 1.30 bits per heavy atom. The van der Waals surface area contributed by atoms with Crippen LogP contribution in [0.5, 0.6) is 0 Å². The number of methoxy groups -OCH3 is 1. The molecule has 1 saturated heterocycles. The van der Waals surface area contributed by atoms with Crippen molar-refractivity contribution in [3.05, 3.63) is 35.4 Å². The van der Waals surface area contributed by atoms with Gasteiger partial charge in [0.15, 0.2) is 5.96 Å². The molecule has 0 radical (unpaired) electrons. The SMILES string of the molecule is CN=C(NCCCOC)NC1CCN(Cc2ccc(C(F)(F)F)cc2)C1.I. The Labute approximate surface area is 175 Å². The van der Waals surface area contributed by atoms with E-state index in [-0.39, 0.29) is 30.0 Å². The number of nitrogens with zero attached hydrogens (tertiary/aromatic N) is 2. The largest absolute Gasteiger partial charge is 0.416 e. The summed E-state index contributed by atoms with van der Waals surface area (Å²) in [4.78, 5) is 6.45.